The second-order valence-corrected chi connectivity index (χ2v) is 6.44. The van der Waals surface area contributed by atoms with Gasteiger partial charge in [-0.3, -0.25) is 9.78 Å². The summed E-state index contributed by atoms with van der Waals surface area (Å²) in [5, 5.41) is 7.30. The highest BCUT2D eigenvalue weighted by molar-refractivity contribution is 6.31. The number of aromatic nitrogens is 1. The lowest BCUT2D eigenvalue weighted by Gasteiger charge is -2.23. The van der Waals surface area contributed by atoms with Gasteiger partial charge in [0.1, 0.15) is 0 Å². The molecule has 1 aromatic carbocycles. The number of halogens is 1. The van der Waals surface area contributed by atoms with Crippen molar-refractivity contribution in [2.75, 3.05) is 13.6 Å². The zero-order chi connectivity index (χ0) is 18.9. The fraction of sp³-hybridized carbons (Fsp3) is 0.300. The number of hydrogen-bond donors (Lipinski definition) is 3. The molecule has 26 heavy (non-hydrogen) atoms. The van der Waals surface area contributed by atoms with Gasteiger partial charge in [0, 0.05) is 29.0 Å². The number of benzene rings is 1. The maximum atomic E-state index is 12.3. The minimum atomic E-state index is -0.491. The van der Waals surface area contributed by atoms with E-state index in [4.69, 9.17) is 17.3 Å². The molecule has 1 heterocycles. The van der Waals surface area contributed by atoms with Crippen molar-refractivity contribution in [3.05, 3.63) is 64.9 Å². The van der Waals surface area contributed by atoms with E-state index in [2.05, 4.69) is 22.5 Å². The summed E-state index contributed by atoms with van der Waals surface area (Å²) in [7, 11) is 1.93. The van der Waals surface area contributed by atoms with E-state index in [9.17, 15) is 4.79 Å². The van der Waals surface area contributed by atoms with Crippen LogP contribution < -0.4 is 16.4 Å². The lowest BCUT2D eigenvalue weighted by Crippen LogP contribution is -2.32. The summed E-state index contributed by atoms with van der Waals surface area (Å²) in [5.74, 6) is -0.491. The highest BCUT2D eigenvalue weighted by Crippen LogP contribution is 2.26. The molecular formula is C20H25ClN4O. The van der Waals surface area contributed by atoms with Gasteiger partial charge in [-0.2, -0.15) is 0 Å². The van der Waals surface area contributed by atoms with Gasteiger partial charge in [-0.15, -0.1) is 0 Å². The summed E-state index contributed by atoms with van der Waals surface area (Å²) < 4.78 is 0. The van der Waals surface area contributed by atoms with Gasteiger partial charge in [-0.05, 0) is 56.3 Å². The van der Waals surface area contributed by atoms with E-state index in [0.29, 0.717) is 16.3 Å². The molecule has 1 aromatic heterocycles. The van der Waals surface area contributed by atoms with Crippen molar-refractivity contribution in [1.82, 2.24) is 15.6 Å². The number of pyridine rings is 1. The maximum absolute atomic E-state index is 12.3. The Labute approximate surface area is 159 Å². The summed E-state index contributed by atoms with van der Waals surface area (Å²) in [6.45, 7) is 2.99. The van der Waals surface area contributed by atoms with Gasteiger partial charge in [0.05, 0.1) is 11.3 Å². The molecular weight excluding hydrogens is 348 g/mol. The van der Waals surface area contributed by atoms with E-state index < -0.39 is 5.91 Å². The van der Waals surface area contributed by atoms with Gasteiger partial charge < -0.3 is 16.4 Å². The predicted octanol–water partition coefficient (Wildman–Crippen LogP) is 3.07. The van der Waals surface area contributed by atoms with E-state index in [-0.39, 0.29) is 6.04 Å². The van der Waals surface area contributed by atoms with Gasteiger partial charge in [-0.1, -0.05) is 30.7 Å². The lowest BCUT2D eigenvalue weighted by atomic mass is 9.98. The highest BCUT2D eigenvalue weighted by atomic mass is 35.5. The molecule has 0 saturated heterocycles. The van der Waals surface area contributed by atoms with Gasteiger partial charge in [0.2, 0.25) is 0 Å². The first kappa shape index (κ1) is 19.9. The van der Waals surface area contributed by atoms with Crippen LogP contribution in [0.5, 0.6) is 0 Å². The fourth-order valence-electron chi connectivity index (χ4n) is 2.75. The van der Waals surface area contributed by atoms with Crippen molar-refractivity contribution in [3.63, 3.8) is 0 Å². The van der Waals surface area contributed by atoms with Crippen LogP contribution in [0.15, 0.2) is 48.8 Å². The van der Waals surface area contributed by atoms with Crippen LogP contribution in [0.25, 0.3) is 11.3 Å². The van der Waals surface area contributed by atoms with Crippen molar-refractivity contribution in [1.29, 1.82) is 0 Å². The van der Waals surface area contributed by atoms with Crippen molar-refractivity contribution in [3.8, 4) is 0 Å². The highest BCUT2D eigenvalue weighted by Gasteiger charge is 2.19. The smallest absolute Gasteiger partial charge is 0.251 e. The normalized spacial score (nSPS) is 13.0. The number of nitrogens with two attached hydrogens (primary N) is 1. The Balaban J connectivity index is 2.56. The predicted molar refractivity (Wildman–Crippen MR) is 107 cm³/mol. The van der Waals surface area contributed by atoms with Crippen LogP contribution in [0.1, 0.15) is 30.9 Å². The first-order valence-corrected chi connectivity index (χ1v) is 9.06. The standard InChI is InChI=1S/C20H25ClN4O/c1-3-17(10-11-23-2)25-19(15-8-12-24-13-9-15)18(20(22)26)14-4-6-16(21)7-5-14/h4-9,12-13,17,23,25H,3,10-11H2,1-2H3,(H2,22,26)/b19-18-. The van der Waals surface area contributed by atoms with E-state index >= 15 is 0 Å². The zero-order valence-corrected chi connectivity index (χ0v) is 15.9. The Hall–Kier alpha value is -2.37. The molecule has 6 heteroatoms. The molecule has 0 aliphatic rings. The van der Waals surface area contributed by atoms with Crippen molar-refractivity contribution >= 4 is 28.8 Å². The number of nitrogens with zero attached hydrogens (tertiary/aromatic N) is 1. The number of carbonyl (C=O) groups is 1. The molecule has 0 aliphatic heterocycles. The third kappa shape index (κ3) is 5.31. The summed E-state index contributed by atoms with van der Waals surface area (Å²) in [5.41, 5.74) is 8.51. The van der Waals surface area contributed by atoms with Crippen molar-refractivity contribution in [2.45, 2.75) is 25.8 Å². The SMILES string of the molecule is CCC(CCNC)N/C(=C(\C(N)=O)c1ccc(Cl)cc1)c1ccncc1. The Kier molecular flexibility index (Phi) is 7.63. The van der Waals surface area contributed by atoms with Crippen LogP contribution in [0.4, 0.5) is 0 Å². The maximum Gasteiger partial charge on any atom is 0.251 e. The molecule has 4 N–H and O–H groups in total. The number of rotatable bonds is 9. The van der Waals surface area contributed by atoms with Crippen molar-refractivity contribution < 1.29 is 4.79 Å². The Morgan fingerprint density at radius 2 is 1.81 bits per heavy atom. The van der Waals surface area contributed by atoms with E-state index in [0.717, 1.165) is 30.5 Å². The largest absolute Gasteiger partial charge is 0.381 e. The number of nitrogens with one attached hydrogen (secondary N) is 2. The minimum Gasteiger partial charge on any atom is -0.381 e. The van der Waals surface area contributed by atoms with Gasteiger partial charge in [0.15, 0.2) is 0 Å². The Morgan fingerprint density at radius 1 is 1.15 bits per heavy atom. The van der Waals surface area contributed by atoms with Crippen LogP contribution in [0.3, 0.4) is 0 Å². The fourth-order valence-corrected chi connectivity index (χ4v) is 2.87. The monoisotopic (exact) mass is 372 g/mol. The molecule has 138 valence electrons. The Morgan fingerprint density at radius 3 is 2.35 bits per heavy atom. The van der Waals surface area contributed by atoms with Crippen LogP contribution in [-0.4, -0.2) is 30.5 Å². The second kappa shape index (κ2) is 9.94. The zero-order valence-electron chi connectivity index (χ0n) is 15.1. The lowest BCUT2D eigenvalue weighted by molar-refractivity contribution is -0.112. The number of hydrogen-bond acceptors (Lipinski definition) is 4. The van der Waals surface area contributed by atoms with Gasteiger partial charge in [-0.25, -0.2) is 0 Å². The van der Waals surface area contributed by atoms with Crippen LogP contribution in [0.2, 0.25) is 5.02 Å². The van der Waals surface area contributed by atoms with Crippen LogP contribution in [-0.2, 0) is 4.79 Å². The van der Waals surface area contributed by atoms with E-state index in [1.54, 1.807) is 36.7 Å². The van der Waals surface area contributed by atoms with Crippen LogP contribution >= 0.6 is 11.6 Å². The summed E-state index contributed by atoms with van der Waals surface area (Å²) >= 11 is 5.99. The topological polar surface area (TPSA) is 80.0 Å². The molecule has 1 atom stereocenters. The second-order valence-electron chi connectivity index (χ2n) is 6.00. The molecule has 5 nitrogen and oxygen atoms in total. The van der Waals surface area contributed by atoms with Crippen molar-refractivity contribution in [2.24, 2.45) is 5.73 Å². The summed E-state index contributed by atoms with van der Waals surface area (Å²) in [6.07, 6.45) is 5.25. The van der Waals surface area contributed by atoms with Crippen LogP contribution in [0, 0.1) is 0 Å². The minimum absolute atomic E-state index is 0.201. The molecule has 0 fully saturated rings. The third-order valence-corrected chi connectivity index (χ3v) is 4.43. The molecule has 1 unspecified atom stereocenters. The average molecular weight is 373 g/mol. The number of primary amides is 1. The molecule has 2 aromatic rings. The molecule has 1 amide bonds. The first-order valence-electron chi connectivity index (χ1n) is 8.68. The quantitative estimate of drug-likeness (QED) is 0.591. The Bertz CT molecular complexity index is 744. The van der Waals surface area contributed by atoms with E-state index in [1.807, 2.05) is 19.2 Å². The average Bonchev–Trinajstić information content (AvgIpc) is 2.66. The summed E-state index contributed by atoms with van der Waals surface area (Å²) in [6, 6.07) is 11.1. The molecule has 0 spiro atoms. The van der Waals surface area contributed by atoms with Gasteiger partial charge >= 0.3 is 0 Å². The van der Waals surface area contributed by atoms with Gasteiger partial charge in [0.25, 0.3) is 5.91 Å². The number of carbonyl (C=O) groups excluding carboxylic acids is 1. The third-order valence-electron chi connectivity index (χ3n) is 4.18. The first-order chi connectivity index (χ1) is 12.6. The molecule has 0 bridgehead atoms. The molecule has 2 rings (SSSR count). The molecule has 0 aliphatic carbocycles. The number of amides is 1. The molecule has 0 saturated carbocycles. The molecule has 0 radical (unpaired) electrons. The van der Waals surface area contributed by atoms with E-state index in [1.165, 1.54) is 0 Å². The summed E-state index contributed by atoms with van der Waals surface area (Å²) in [4.78, 5) is 16.4.